The molecule has 2 heterocycles. The van der Waals surface area contributed by atoms with E-state index in [9.17, 15) is 0 Å². The molecule has 0 saturated carbocycles. The first-order chi connectivity index (χ1) is 11.1. The SMILES string of the molecule is CCc1cc(NC(C)Cc2c(C)noc2C)c2ccccc2n1. The number of anilines is 1. The third kappa shape index (κ3) is 3.21. The molecule has 4 nitrogen and oxygen atoms in total. The summed E-state index contributed by atoms with van der Waals surface area (Å²) in [5, 5.41) is 8.85. The molecule has 2 aromatic heterocycles. The molecule has 0 radical (unpaired) electrons. The van der Waals surface area contributed by atoms with Crippen LogP contribution in [0.1, 0.15) is 36.6 Å². The maximum atomic E-state index is 5.27. The Bertz CT molecular complexity index is 803. The van der Waals surface area contributed by atoms with Crippen LogP contribution in [0.5, 0.6) is 0 Å². The molecule has 0 aliphatic heterocycles. The molecule has 1 unspecified atom stereocenters. The number of benzene rings is 1. The van der Waals surface area contributed by atoms with E-state index in [0.717, 1.165) is 46.6 Å². The Morgan fingerprint density at radius 1 is 1.22 bits per heavy atom. The summed E-state index contributed by atoms with van der Waals surface area (Å²) in [7, 11) is 0. The summed E-state index contributed by atoms with van der Waals surface area (Å²) >= 11 is 0. The summed E-state index contributed by atoms with van der Waals surface area (Å²) in [6, 6.07) is 10.7. The molecule has 1 atom stereocenters. The fourth-order valence-electron chi connectivity index (χ4n) is 2.95. The van der Waals surface area contributed by atoms with Crippen LogP contribution in [0.3, 0.4) is 0 Å². The fourth-order valence-corrected chi connectivity index (χ4v) is 2.95. The predicted octanol–water partition coefficient (Wildman–Crippen LogP) is 4.45. The van der Waals surface area contributed by atoms with Crippen LogP contribution in [0.2, 0.25) is 0 Å². The number of hydrogen-bond donors (Lipinski definition) is 1. The molecule has 3 aromatic rings. The van der Waals surface area contributed by atoms with Crippen LogP contribution in [0.25, 0.3) is 10.9 Å². The molecule has 0 spiro atoms. The zero-order valence-electron chi connectivity index (χ0n) is 14.2. The van der Waals surface area contributed by atoms with Gasteiger partial charge in [0.25, 0.3) is 0 Å². The minimum atomic E-state index is 0.280. The van der Waals surface area contributed by atoms with Gasteiger partial charge in [0, 0.05) is 28.4 Å². The molecule has 0 aliphatic rings. The number of aromatic nitrogens is 2. The van der Waals surface area contributed by atoms with Crippen molar-refractivity contribution < 1.29 is 4.52 Å². The van der Waals surface area contributed by atoms with Crippen LogP contribution in [0, 0.1) is 13.8 Å². The molecule has 3 rings (SSSR count). The van der Waals surface area contributed by atoms with Crippen molar-refractivity contribution in [1.82, 2.24) is 10.1 Å². The van der Waals surface area contributed by atoms with Gasteiger partial charge in [-0.2, -0.15) is 0 Å². The monoisotopic (exact) mass is 309 g/mol. The highest BCUT2D eigenvalue weighted by atomic mass is 16.5. The third-order valence-corrected chi connectivity index (χ3v) is 4.22. The summed E-state index contributed by atoms with van der Waals surface area (Å²) in [5.74, 6) is 0.907. The Labute approximate surface area is 136 Å². The van der Waals surface area contributed by atoms with Crippen molar-refractivity contribution >= 4 is 16.6 Å². The van der Waals surface area contributed by atoms with Crippen LogP contribution >= 0.6 is 0 Å². The Hall–Kier alpha value is -2.36. The summed E-state index contributed by atoms with van der Waals surface area (Å²) < 4.78 is 5.27. The smallest absolute Gasteiger partial charge is 0.137 e. The molecular formula is C19H23N3O. The van der Waals surface area contributed by atoms with Gasteiger partial charge in [-0.3, -0.25) is 4.98 Å². The van der Waals surface area contributed by atoms with Gasteiger partial charge in [0.1, 0.15) is 5.76 Å². The average Bonchev–Trinajstić information content (AvgIpc) is 2.86. The van der Waals surface area contributed by atoms with E-state index in [1.54, 1.807) is 0 Å². The van der Waals surface area contributed by atoms with E-state index in [1.807, 2.05) is 19.9 Å². The number of nitrogens with zero attached hydrogens (tertiary/aromatic N) is 2. The maximum absolute atomic E-state index is 5.27. The lowest BCUT2D eigenvalue weighted by molar-refractivity contribution is 0.392. The lowest BCUT2D eigenvalue weighted by Crippen LogP contribution is -2.19. The zero-order valence-corrected chi connectivity index (χ0v) is 14.2. The van der Waals surface area contributed by atoms with Crippen molar-refractivity contribution in [2.45, 2.75) is 46.6 Å². The largest absolute Gasteiger partial charge is 0.382 e. The van der Waals surface area contributed by atoms with Gasteiger partial charge in [-0.25, -0.2) is 0 Å². The Morgan fingerprint density at radius 3 is 2.70 bits per heavy atom. The second kappa shape index (κ2) is 6.41. The van der Waals surface area contributed by atoms with Crippen molar-refractivity contribution in [3.8, 4) is 0 Å². The number of nitrogens with one attached hydrogen (secondary N) is 1. The molecule has 0 saturated heterocycles. The molecule has 120 valence electrons. The lowest BCUT2D eigenvalue weighted by Gasteiger charge is -2.17. The number of rotatable bonds is 5. The van der Waals surface area contributed by atoms with Crippen molar-refractivity contribution in [2.75, 3.05) is 5.32 Å². The molecule has 23 heavy (non-hydrogen) atoms. The van der Waals surface area contributed by atoms with Gasteiger partial charge in [0.05, 0.1) is 11.2 Å². The number of pyridine rings is 1. The molecule has 4 heteroatoms. The summed E-state index contributed by atoms with van der Waals surface area (Å²) in [5.41, 5.74) is 5.46. The highest BCUT2D eigenvalue weighted by molar-refractivity contribution is 5.91. The quantitative estimate of drug-likeness (QED) is 0.756. The van der Waals surface area contributed by atoms with Crippen LogP contribution in [0.15, 0.2) is 34.9 Å². The lowest BCUT2D eigenvalue weighted by atomic mass is 10.0. The topological polar surface area (TPSA) is 51.0 Å². The Kier molecular flexibility index (Phi) is 4.33. The van der Waals surface area contributed by atoms with Gasteiger partial charge in [-0.05, 0) is 45.7 Å². The summed E-state index contributed by atoms with van der Waals surface area (Å²) in [6.07, 6.45) is 1.82. The molecule has 1 aromatic carbocycles. The normalized spacial score (nSPS) is 12.5. The van der Waals surface area contributed by atoms with Gasteiger partial charge >= 0.3 is 0 Å². The summed E-state index contributed by atoms with van der Waals surface area (Å²) in [4.78, 5) is 4.70. The fraction of sp³-hybridized carbons (Fsp3) is 0.368. The number of aryl methyl sites for hydroxylation is 3. The van der Waals surface area contributed by atoms with Crippen molar-refractivity contribution in [3.05, 3.63) is 53.0 Å². The van der Waals surface area contributed by atoms with E-state index in [-0.39, 0.29) is 6.04 Å². The highest BCUT2D eigenvalue weighted by Crippen LogP contribution is 2.25. The Balaban J connectivity index is 1.88. The first-order valence-electron chi connectivity index (χ1n) is 8.15. The summed E-state index contributed by atoms with van der Waals surface area (Å²) in [6.45, 7) is 8.29. The van der Waals surface area contributed by atoms with E-state index in [0.29, 0.717) is 0 Å². The molecule has 1 N–H and O–H groups in total. The van der Waals surface area contributed by atoms with E-state index in [4.69, 9.17) is 9.51 Å². The van der Waals surface area contributed by atoms with Gasteiger partial charge in [0.2, 0.25) is 0 Å². The van der Waals surface area contributed by atoms with Crippen LogP contribution in [0.4, 0.5) is 5.69 Å². The van der Waals surface area contributed by atoms with Gasteiger partial charge in [-0.15, -0.1) is 0 Å². The molecule has 0 aliphatic carbocycles. The first kappa shape index (κ1) is 15.5. The zero-order chi connectivity index (χ0) is 16.4. The van der Waals surface area contributed by atoms with Gasteiger partial charge < -0.3 is 9.84 Å². The van der Waals surface area contributed by atoms with Gasteiger partial charge in [-0.1, -0.05) is 30.3 Å². The average molecular weight is 309 g/mol. The molecule has 0 bridgehead atoms. The van der Waals surface area contributed by atoms with Crippen molar-refractivity contribution in [1.29, 1.82) is 0 Å². The van der Waals surface area contributed by atoms with E-state index < -0.39 is 0 Å². The van der Waals surface area contributed by atoms with Crippen LogP contribution in [-0.4, -0.2) is 16.2 Å². The Morgan fingerprint density at radius 2 is 2.00 bits per heavy atom. The second-order valence-corrected chi connectivity index (χ2v) is 6.08. The predicted molar refractivity (Wildman–Crippen MR) is 93.9 cm³/mol. The van der Waals surface area contributed by atoms with E-state index >= 15 is 0 Å². The standard InChI is InChI=1S/C19H23N3O/c1-5-15-11-19(16-8-6-7-9-18(16)21-15)20-12(2)10-17-13(3)22-23-14(17)4/h6-9,11-12H,5,10H2,1-4H3,(H,20,21). The minimum Gasteiger partial charge on any atom is -0.382 e. The highest BCUT2D eigenvalue weighted by Gasteiger charge is 2.14. The van der Waals surface area contributed by atoms with Gasteiger partial charge in [0.15, 0.2) is 0 Å². The third-order valence-electron chi connectivity index (χ3n) is 4.22. The second-order valence-electron chi connectivity index (χ2n) is 6.08. The molecule has 0 amide bonds. The van der Waals surface area contributed by atoms with Crippen LogP contribution < -0.4 is 5.32 Å². The number of para-hydroxylation sites is 1. The number of fused-ring (bicyclic) bond motifs is 1. The minimum absolute atomic E-state index is 0.280. The van der Waals surface area contributed by atoms with E-state index in [2.05, 4.69) is 48.6 Å². The molecular weight excluding hydrogens is 286 g/mol. The van der Waals surface area contributed by atoms with Crippen molar-refractivity contribution in [3.63, 3.8) is 0 Å². The first-order valence-corrected chi connectivity index (χ1v) is 8.15. The van der Waals surface area contributed by atoms with E-state index in [1.165, 1.54) is 5.56 Å². The number of hydrogen-bond acceptors (Lipinski definition) is 4. The maximum Gasteiger partial charge on any atom is 0.137 e. The molecule has 0 fully saturated rings. The van der Waals surface area contributed by atoms with Crippen molar-refractivity contribution in [2.24, 2.45) is 0 Å². The van der Waals surface area contributed by atoms with Crippen LogP contribution in [-0.2, 0) is 12.8 Å².